The number of benzene rings is 3. The molecule has 5 rings (SSSR count). The van der Waals surface area contributed by atoms with Crippen LogP contribution < -0.4 is 15.8 Å². The van der Waals surface area contributed by atoms with E-state index < -0.39 is 20.0 Å². The van der Waals surface area contributed by atoms with Gasteiger partial charge in [0.2, 0.25) is 20.0 Å². The van der Waals surface area contributed by atoms with Gasteiger partial charge < -0.3 is 15.8 Å². The van der Waals surface area contributed by atoms with Crippen LogP contribution in [0.5, 0.6) is 5.75 Å². The molecular weight excluding hydrogens is 636 g/mol. The quantitative estimate of drug-likeness (QED) is 0.195. The molecule has 1 saturated carbocycles. The van der Waals surface area contributed by atoms with E-state index in [2.05, 4.69) is 5.32 Å². The normalized spacial score (nSPS) is 16.8. The van der Waals surface area contributed by atoms with Crippen molar-refractivity contribution in [3.8, 4) is 5.75 Å². The van der Waals surface area contributed by atoms with Gasteiger partial charge in [-0.25, -0.2) is 16.8 Å². The van der Waals surface area contributed by atoms with Crippen molar-refractivity contribution in [1.29, 1.82) is 0 Å². The van der Waals surface area contributed by atoms with Crippen LogP contribution in [-0.2, 0) is 37.9 Å². The molecule has 1 aliphatic heterocycles. The SMILES string of the molecule is Nc1cc(CN(CC2CCNCC2)S(=O)(=O)c2ccc(S(=O)(=O)N(Cc3ccc(Cl)cc3)C3CCCC3)cc2)ccc1OC=O. The van der Waals surface area contributed by atoms with Gasteiger partial charge in [0.25, 0.3) is 6.47 Å². The summed E-state index contributed by atoms with van der Waals surface area (Å²) >= 11 is 6.05. The summed E-state index contributed by atoms with van der Waals surface area (Å²) in [6.07, 6.45) is 5.14. The zero-order valence-electron chi connectivity index (χ0n) is 25.0. The summed E-state index contributed by atoms with van der Waals surface area (Å²) in [5.41, 5.74) is 7.73. The van der Waals surface area contributed by atoms with E-state index in [9.17, 15) is 21.6 Å². The molecule has 3 N–H and O–H groups in total. The van der Waals surface area contributed by atoms with Gasteiger partial charge >= 0.3 is 0 Å². The lowest BCUT2D eigenvalue weighted by Crippen LogP contribution is -2.39. The van der Waals surface area contributed by atoms with Gasteiger partial charge in [-0.1, -0.05) is 42.6 Å². The molecule has 0 radical (unpaired) electrons. The van der Waals surface area contributed by atoms with Gasteiger partial charge in [0.1, 0.15) is 0 Å². The van der Waals surface area contributed by atoms with Crippen molar-refractivity contribution in [3.63, 3.8) is 0 Å². The van der Waals surface area contributed by atoms with Crippen LogP contribution in [0.2, 0.25) is 5.02 Å². The van der Waals surface area contributed by atoms with E-state index in [4.69, 9.17) is 22.1 Å². The molecule has 0 bridgehead atoms. The van der Waals surface area contributed by atoms with Crippen molar-refractivity contribution in [2.24, 2.45) is 5.92 Å². The first-order valence-corrected chi connectivity index (χ1v) is 18.4. The van der Waals surface area contributed by atoms with Gasteiger partial charge in [0, 0.05) is 30.7 Å². The summed E-state index contributed by atoms with van der Waals surface area (Å²) in [6.45, 7) is 2.45. The molecule has 2 fully saturated rings. The Hall–Kier alpha value is -3.00. The number of carbonyl (C=O) groups is 1. The van der Waals surface area contributed by atoms with E-state index in [-0.39, 0.29) is 52.7 Å². The fraction of sp³-hybridized carbons (Fsp3) is 0.406. The average Bonchev–Trinajstić information content (AvgIpc) is 3.57. The summed E-state index contributed by atoms with van der Waals surface area (Å²) in [4.78, 5) is 10.8. The number of piperidine rings is 1. The van der Waals surface area contributed by atoms with Crippen molar-refractivity contribution in [3.05, 3.63) is 82.9 Å². The first-order chi connectivity index (χ1) is 21.6. The average molecular weight is 675 g/mol. The number of halogens is 1. The number of nitrogens with one attached hydrogen (secondary N) is 1. The monoisotopic (exact) mass is 674 g/mol. The fourth-order valence-corrected chi connectivity index (χ4v) is 9.40. The van der Waals surface area contributed by atoms with Crippen molar-refractivity contribution in [2.75, 3.05) is 25.4 Å². The third kappa shape index (κ3) is 8.05. The number of hydrogen-bond acceptors (Lipinski definition) is 8. The molecule has 3 aromatic carbocycles. The molecule has 3 aromatic rings. The summed E-state index contributed by atoms with van der Waals surface area (Å²) < 4.78 is 64.0. The van der Waals surface area contributed by atoms with E-state index >= 15 is 0 Å². The van der Waals surface area contributed by atoms with E-state index in [1.807, 2.05) is 12.1 Å². The van der Waals surface area contributed by atoms with Crippen LogP contribution in [0.25, 0.3) is 0 Å². The molecule has 1 aliphatic carbocycles. The van der Waals surface area contributed by atoms with Crippen molar-refractivity contribution in [2.45, 2.75) is 67.4 Å². The second kappa shape index (κ2) is 14.6. The highest BCUT2D eigenvalue weighted by molar-refractivity contribution is 7.89. The number of rotatable bonds is 13. The molecule has 0 spiro atoms. The van der Waals surface area contributed by atoms with Gasteiger partial charge in [0.05, 0.1) is 15.5 Å². The third-order valence-electron chi connectivity index (χ3n) is 8.58. The number of anilines is 1. The van der Waals surface area contributed by atoms with E-state index in [0.29, 0.717) is 17.1 Å². The number of nitrogen functional groups attached to an aromatic ring is 1. The molecule has 0 atom stereocenters. The zero-order chi connectivity index (χ0) is 32.0. The Morgan fingerprint density at radius 1 is 0.822 bits per heavy atom. The second-order valence-electron chi connectivity index (χ2n) is 11.7. The lowest BCUT2D eigenvalue weighted by molar-refractivity contribution is -0.120. The van der Waals surface area contributed by atoms with Crippen LogP contribution >= 0.6 is 11.6 Å². The van der Waals surface area contributed by atoms with Crippen molar-refractivity contribution < 1.29 is 26.4 Å². The van der Waals surface area contributed by atoms with Crippen LogP contribution in [-0.4, -0.2) is 57.6 Å². The third-order valence-corrected chi connectivity index (χ3v) is 12.6. The summed E-state index contributed by atoms with van der Waals surface area (Å²) in [7, 11) is -7.94. The molecule has 0 amide bonds. The topological polar surface area (TPSA) is 139 Å². The molecule has 0 unspecified atom stereocenters. The predicted molar refractivity (Wildman–Crippen MR) is 174 cm³/mol. The van der Waals surface area contributed by atoms with Crippen LogP contribution in [0.3, 0.4) is 0 Å². The maximum atomic E-state index is 14.1. The molecule has 1 heterocycles. The lowest BCUT2D eigenvalue weighted by atomic mass is 9.98. The molecule has 0 aromatic heterocycles. The highest BCUT2D eigenvalue weighted by Gasteiger charge is 2.34. The predicted octanol–water partition coefficient (Wildman–Crippen LogP) is 4.78. The number of carbonyl (C=O) groups excluding carboxylic acids is 1. The Bertz CT molecular complexity index is 1670. The van der Waals surface area contributed by atoms with Crippen LogP contribution in [0.4, 0.5) is 5.69 Å². The van der Waals surface area contributed by atoms with Gasteiger partial charge in [0.15, 0.2) is 5.75 Å². The molecule has 242 valence electrons. The second-order valence-corrected chi connectivity index (χ2v) is 15.9. The minimum Gasteiger partial charge on any atom is -0.427 e. The fourth-order valence-electron chi connectivity index (χ4n) is 6.10. The van der Waals surface area contributed by atoms with Crippen molar-refractivity contribution in [1.82, 2.24) is 13.9 Å². The van der Waals surface area contributed by atoms with Gasteiger partial charge in [-0.2, -0.15) is 8.61 Å². The molecule has 45 heavy (non-hydrogen) atoms. The number of hydrogen-bond donors (Lipinski definition) is 2. The Labute approximate surface area is 270 Å². The van der Waals surface area contributed by atoms with E-state index in [1.54, 1.807) is 28.6 Å². The highest BCUT2D eigenvalue weighted by atomic mass is 35.5. The molecule has 10 nitrogen and oxygen atoms in total. The first kappa shape index (κ1) is 33.4. The minimum absolute atomic E-state index is 0.00869. The van der Waals surface area contributed by atoms with Crippen molar-refractivity contribution >= 4 is 43.8 Å². The van der Waals surface area contributed by atoms with Crippen LogP contribution in [0, 0.1) is 5.92 Å². The summed E-state index contributed by atoms with van der Waals surface area (Å²) in [6, 6.07) is 17.3. The number of nitrogens with zero attached hydrogens (tertiary/aromatic N) is 2. The Kier molecular flexibility index (Phi) is 10.8. The van der Waals surface area contributed by atoms with Gasteiger partial charge in [-0.3, -0.25) is 4.79 Å². The molecule has 1 saturated heterocycles. The minimum atomic E-state index is -4.02. The van der Waals surface area contributed by atoms with Crippen LogP contribution in [0.15, 0.2) is 76.5 Å². The van der Waals surface area contributed by atoms with Crippen LogP contribution in [0.1, 0.15) is 49.7 Å². The largest absolute Gasteiger partial charge is 0.427 e. The number of sulfonamides is 2. The maximum Gasteiger partial charge on any atom is 0.298 e. The number of nitrogens with two attached hydrogens (primary N) is 1. The lowest BCUT2D eigenvalue weighted by Gasteiger charge is -2.30. The summed E-state index contributed by atoms with van der Waals surface area (Å²) in [5.74, 6) is 0.351. The molecule has 2 aliphatic rings. The highest BCUT2D eigenvalue weighted by Crippen LogP contribution is 2.32. The Morgan fingerprint density at radius 3 is 2.02 bits per heavy atom. The maximum absolute atomic E-state index is 14.1. The zero-order valence-corrected chi connectivity index (χ0v) is 27.4. The Morgan fingerprint density at radius 2 is 1.42 bits per heavy atom. The van der Waals surface area contributed by atoms with E-state index in [1.165, 1.54) is 34.6 Å². The van der Waals surface area contributed by atoms with Gasteiger partial charge in [-0.15, -0.1) is 0 Å². The smallest absolute Gasteiger partial charge is 0.298 e. The Balaban J connectivity index is 1.42. The van der Waals surface area contributed by atoms with E-state index in [0.717, 1.165) is 57.2 Å². The molecule has 13 heteroatoms. The summed E-state index contributed by atoms with van der Waals surface area (Å²) in [5, 5.41) is 3.88. The van der Waals surface area contributed by atoms with Gasteiger partial charge in [-0.05, 0) is 104 Å². The number of ether oxygens (including phenoxy) is 1. The first-order valence-electron chi connectivity index (χ1n) is 15.1. The standard InChI is InChI=1S/C32H39ClN4O6S2/c33-27-8-5-24(6-9-27)22-37(28-3-1-2-4-28)45(41,42)30-12-10-29(11-13-30)44(39,40)36(20-25-15-17-35-18-16-25)21-26-7-14-32(43-23-38)31(34)19-26/h5-14,19,23,25,28,35H,1-4,15-18,20-22,34H2. The molecular formula is C32H39ClN4O6S2.